The van der Waals surface area contributed by atoms with E-state index in [0.717, 1.165) is 19.3 Å². The summed E-state index contributed by atoms with van der Waals surface area (Å²) in [5.41, 5.74) is -0.282. The number of benzene rings is 1. The summed E-state index contributed by atoms with van der Waals surface area (Å²) in [6, 6.07) is 7.21. The molecule has 128 valence electrons. The summed E-state index contributed by atoms with van der Waals surface area (Å²) < 4.78 is 5.24. The van der Waals surface area contributed by atoms with Crippen LogP contribution in [0.4, 0.5) is 5.69 Å². The molecule has 2 aliphatic rings. The Morgan fingerprint density at radius 2 is 1.92 bits per heavy atom. The molecule has 2 fully saturated rings. The Balaban J connectivity index is 1.75. The number of ketones is 2. The van der Waals surface area contributed by atoms with E-state index in [1.54, 1.807) is 19.2 Å². The predicted octanol–water partition coefficient (Wildman–Crippen LogP) is 3.13. The first-order valence-electron chi connectivity index (χ1n) is 8.57. The number of nitrogens with one attached hydrogen (secondary N) is 1. The molecule has 1 aromatic rings. The monoisotopic (exact) mass is 329 g/mol. The van der Waals surface area contributed by atoms with E-state index in [0.29, 0.717) is 30.7 Å². The molecule has 1 atom stereocenters. The summed E-state index contributed by atoms with van der Waals surface area (Å²) in [6.07, 6.45) is 4.10. The number of methoxy groups -OCH3 is 1. The normalized spacial score (nSPS) is 22.6. The van der Waals surface area contributed by atoms with E-state index < -0.39 is 5.41 Å². The molecule has 0 heterocycles. The van der Waals surface area contributed by atoms with Gasteiger partial charge in [0.1, 0.15) is 17.3 Å². The van der Waals surface area contributed by atoms with Gasteiger partial charge in [0.25, 0.3) is 0 Å². The molecule has 0 saturated heterocycles. The molecule has 2 aliphatic carbocycles. The Labute approximate surface area is 141 Å². The summed E-state index contributed by atoms with van der Waals surface area (Å²) in [5.74, 6) is 0.337. The molecule has 1 amide bonds. The maximum absolute atomic E-state index is 12.5. The number of amides is 1. The van der Waals surface area contributed by atoms with Gasteiger partial charge < -0.3 is 10.1 Å². The second-order valence-electron chi connectivity index (χ2n) is 6.71. The molecule has 3 rings (SSSR count). The van der Waals surface area contributed by atoms with Crippen molar-refractivity contribution in [1.82, 2.24) is 0 Å². The van der Waals surface area contributed by atoms with Crippen LogP contribution in [0.5, 0.6) is 5.75 Å². The number of Topliss-reactive ketones (excluding diaryl/α,β-unsaturated/α-hetero) is 2. The van der Waals surface area contributed by atoms with Gasteiger partial charge in [0, 0.05) is 19.3 Å². The lowest BCUT2D eigenvalue weighted by atomic mass is 9.63. The summed E-state index contributed by atoms with van der Waals surface area (Å²) in [6.45, 7) is 0. The van der Waals surface area contributed by atoms with Crippen molar-refractivity contribution in [2.24, 2.45) is 11.3 Å². The molecule has 0 aromatic heterocycles. The summed E-state index contributed by atoms with van der Waals surface area (Å²) in [5, 5.41) is 2.86. The molecule has 2 saturated carbocycles. The Kier molecular flexibility index (Phi) is 4.69. The second-order valence-corrected chi connectivity index (χ2v) is 6.71. The highest BCUT2D eigenvalue weighted by Gasteiger charge is 2.55. The van der Waals surface area contributed by atoms with Crippen LogP contribution in [0.15, 0.2) is 24.3 Å². The van der Waals surface area contributed by atoms with Crippen molar-refractivity contribution in [3.63, 3.8) is 0 Å². The average Bonchev–Trinajstić information content (AvgIpc) is 2.86. The molecule has 0 aliphatic heterocycles. The van der Waals surface area contributed by atoms with E-state index >= 15 is 0 Å². The molecule has 5 nitrogen and oxygen atoms in total. The van der Waals surface area contributed by atoms with Gasteiger partial charge >= 0.3 is 0 Å². The van der Waals surface area contributed by atoms with Gasteiger partial charge in [-0.3, -0.25) is 14.4 Å². The third-order valence-electron chi connectivity index (χ3n) is 5.46. The molecule has 1 spiro atoms. The van der Waals surface area contributed by atoms with Crippen molar-refractivity contribution >= 4 is 23.2 Å². The van der Waals surface area contributed by atoms with Gasteiger partial charge in [0.2, 0.25) is 5.91 Å². The van der Waals surface area contributed by atoms with Crippen LogP contribution in [0.2, 0.25) is 0 Å². The van der Waals surface area contributed by atoms with E-state index in [1.807, 2.05) is 12.1 Å². The fraction of sp³-hybridized carbons (Fsp3) is 0.526. The number of carbonyl (C=O) groups excluding carboxylic acids is 3. The minimum absolute atomic E-state index is 0.0438. The summed E-state index contributed by atoms with van der Waals surface area (Å²) in [7, 11) is 1.55. The SMILES string of the molecule is COc1ccccc1NC(=O)CC1CCCCC12C(=O)CCC2=O. The van der Waals surface area contributed by atoms with Crippen molar-refractivity contribution < 1.29 is 19.1 Å². The van der Waals surface area contributed by atoms with Gasteiger partial charge in [-0.15, -0.1) is 0 Å². The molecular formula is C19H23NO4. The lowest BCUT2D eigenvalue weighted by Gasteiger charge is -2.38. The zero-order chi connectivity index (χ0) is 17.2. The number of carbonyl (C=O) groups is 3. The first kappa shape index (κ1) is 16.7. The number of para-hydroxylation sites is 2. The molecule has 5 heteroatoms. The number of anilines is 1. The van der Waals surface area contributed by atoms with Crippen LogP contribution in [0.1, 0.15) is 44.9 Å². The minimum Gasteiger partial charge on any atom is -0.495 e. The van der Waals surface area contributed by atoms with Crippen molar-refractivity contribution in [3.8, 4) is 5.75 Å². The predicted molar refractivity (Wildman–Crippen MR) is 89.9 cm³/mol. The molecule has 0 bridgehead atoms. The van der Waals surface area contributed by atoms with Crippen molar-refractivity contribution in [1.29, 1.82) is 0 Å². The highest BCUT2D eigenvalue weighted by molar-refractivity contribution is 6.13. The number of rotatable bonds is 4. The lowest BCUT2D eigenvalue weighted by Crippen LogP contribution is -2.44. The van der Waals surface area contributed by atoms with Crippen LogP contribution in [0.25, 0.3) is 0 Å². The highest BCUT2D eigenvalue weighted by atomic mass is 16.5. The first-order valence-corrected chi connectivity index (χ1v) is 8.57. The lowest BCUT2D eigenvalue weighted by molar-refractivity contribution is -0.142. The number of ether oxygens (including phenoxy) is 1. The van der Waals surface area contributed by atoms with Crippen LogP contribution in [0.3, 0.4) is 0 Å². The number of hydrogen-bond donors (Lipinski definition) is 1. The van der Waals surface area contributed by atoms with Gasteiger partial charge in [-0.2, -0.15) is 0 Å². The van der Waals surface area contributed by atoms with Crippen LogP contribution >= 0.6 is 0 Å². The molecule has 24 heavy (non-hydrogen) atoms. The van der Waals surface area contributed by atoms with Crippen LogP contribution in [0, 0.1) is 11.3 Å². The molecule has 1 aromatic carbocycles. The van der Waals surface area contributed by atoms with Crippen molar-refractivity contribution in [2.45, 2.75) is 44.9 Å². The Bertz CT molecular complexity index is 651. The zero-order valence-electron chi connectivity index (χ0n) is 14.0. The van der Waals surface area contributed by atoms with Gasteiger partial charge in [-0.05, 0) is 30.9 Å². The van der Waals surface area contributed by atoms with E-state index in [1.165, 1.54) is 0 Å². The molecule has 0 radical (unpaired) electrons. The third kappa shape index (κ3) is 2.83. The van der Waals surface area contributed by atoms with E-state index in [4.69, 9.17) is 4.74 Å². The topological polar surface area (TPSA) is 72.5 Å². The van der Waals surface area contributed by atoms with Crippen LogP contribution < -0.4 is 10.1 Å². The van der Waals surface area contributed by atoms with E-state index in [2.05, 4.69) is 5.32 Å². The van der Waals surface area contributed by atoms with Gasteiger partial charge in [-0.25, -0.2) is 0 Å². The average molecular weight is 329 g/mol. The molecule has 1 N–H and O–H groups in total. The van der Waals surface area contributed by atoms with Gasteiger partial charge in [0.15, 0.2) is 0 Å². The van der Waals surface area contributed by atoms with E-state index in [-0.39, 0.29) is 29.8 Å². The van der Waals surface area contributed by atoms with Crippen LogP contribution in [-0.4, -0.2) is 24.6 Å². The van der Waals surface area contributed by atoms with Gasteiger partial charge in [-0.1, -0.05) is 25.0 Å². The maximum atomic E-state index is 12.5. The molecular weight excluding hydrogens is 306 g/mol. The fourth-order valence-electron chi connectivity index (χ4n) is 4.26. The Morgan fingerprint density at radius 1 is 1.21 bits per heavy atom. The first-order chi connectivity index (χ1) is 11.6. The summed E-state index contributed by atoms with van der Waals surface area (Å²) in [4.78, 5) is 37.4. The quantitative estimate of drug-likeness (QED) is 0.861. The van der Waals surface area contributed by atoms with Gasteiger partial charge in [0.05, 0.1) is 18.2 Å². The van der Waals surface area contributed by atoms with E-state index in [9.17, 15) is 14.4 Å². The smallest absolute Gasteiger partial charge is 0.224 e. The Morgan fingerprint density at radius 3 is 2.62 bits per heavy atom. The van der Waals surface area contributed by atoms with Crippen molar-refractivity contribution in [2.75, 3.05) is 12.4 Å². The maximum Gasteiger partial charge on any atom is 0.224 e. The standard InChI is InChI=1S/C19H23NO4/c1-24-15-8-3-2-7-14(15)20-18(23)12-13-6-4-5-11-19(13)16(21)9-10-17(19)22/h2-3,7-8,13H,4-6,9-12H2,1H3,(H,20,23). The summed E-state index contributed by atoms with van der Waals surface area (Å²) >= 11 is 0. The van der Waals surface area contributed by atoms with Crippen LogP contribution in [-0.2, 0) is 14.4 Å². The fourth-order valence-corrected chi connectivity index (χ4v) is 4.26. The largest absolute Gasteiger partial charge is 0.495 e. The zero-order valence-corrected chi connectivity index (χ0v) is 14.0. The van der Waals surface area contributed by atoms with Crippen molar-refractivity contribution in [3.05, 3.63) is 24.3 Å². The second kappa shape index (κ2) is 6.75. The third-order valence-corrected chi connectivity index (χ3v) is 5.46. The minimum atomic E-state index is -0.892. The highest BCUT2D eigenvalue weighted by Crippen LogP contribution is 2.49. The Hall–Kier alpha value is -2.17. The molecule has 1 unspecified atom stereocenters. The number of hydrogen-bond acceptors (Lipinski definition) is 4.